The Morgan fingerprint density at radius 1 is 1.31 bits per heavy atom. The number of aromatic hydroxyl groups is 2. The number of halogens is 1. The number of nitrogens with one attached hydrogen (secondary N) is 1. The van der Waals surface area contributed by atoms with E-state index in [9.17, 15) is 23.4 Å². The average Bonchev–Trinajstić information content (AvgIpc) is 2.87. The van der Waals surface area contributed by atoms with Crippen LogP contribution in [0.5, 0.6) is 11.5 Å². The van der Waals surface area contributed by atoms with Gasteiger partial charge >= 0.3 is 0 Å². The molecule has 0 bridgehead atoms. The molecule has 138 valence electrons. The van der Waals surface area contributed by atoms with Crippen LogP contribution in [0.15, 0.2) is 35.2 Å². The highest BCUT2D eigenvalue weighted by atomic mass is 35.5. The third-order valence-corrected chi connectivity index (χ3v) is 5.55. The summed E-state index contributed by atoms with van der Waals surface area (Å²) >= 11 is 5.83. The highest BCUT2D eigenvalue weighted by Crippen LogP contribution is 2.41. The first-order valence-corrected chi connectivity index (χ1v) is 9.48. The largest absolute Gasteiger partial charge is 0.504 e. The Balaban J connectivity index is 1.92. The zero-order chi connectivity index (χ0) is 19.2. The van der Waals surface area contributed by atoms with Crippen molar-refractivity contribution in [3.8, 4) is 11.5 Å². The number of primary sulfonamides is 1. The van der Waals surface area contributed by atoms with Gasteiger partial charge in [0.25, 0.3) is 5.91 Å². The number of nitrogens with two attached hydrogens (primary N) is 1. The lowest BCUT2D eigenvalue weighted by atomic mass is 10.1. The lowest BCUT2D eigenvalue weighted by Gasteiger charge is -2.25. The van der Waals surface area contributed by atoms with Gasteiger partial charge in [-0.3, -0.25) is 15.2 Å². The molecule has 0 radical (unpaired) electrons. The summed E-state index contributed by atoms with van der Waals surface area (Å²) in [6.07, 6.45) is 0.416. The van der Waals surface area contributed by atoms with Gasteiger partial charge in [0.2, 0.25) is 10.0 Å². The summed E-state index contributed by atoms with van der Waals surface area (Å²) in [4.78, 5) is 12.2. The number of carbonyl (C=O) groups is 1. The van der Waals surface area contributed by atoms with E-state index >= 15 is 0 Å². The fraction of sp³-hybridized carbons (Fsp3) is 0.188. The SMILES string of the molecule is CC1Cc2c(ccc(O)c2O)N1NC(=O)c1ccc(Cl)c(S(N)(=O)=O)c1. The van der Waals surface area contributed by atoms with E-state index in [1.807, 2.05) is 6.92 Å². The number of nitrogens with zero attached hydrogens (tertiary/aromatic N) is 1. The number of hydrogen-bond donors (Lipinski definition) is 4. The van der Waals surface area contributed by atoms with Crippen LogP contribution in [0, 0.1) is 0 Å². The van der Waals surface area contributed by atoms with Gasteiger partial charge < -0.3 is 10.2 Å². The molecule has 1 unspecified atom stereocenters. The molecule has 1 aliphatic heterocycles. The Bertz CT molecular complexity index is 1010. The fourth-order valence-corrected chi connectivity index (χ4v) is 3.94. The van der Waals surface area contributed by atoms with Crippen molar-refractivity contribution in [2.75, 3.05) is 5.01 Å². The van der Waals surface area contributed by atoms with Gasteiger partial charge in [-0.2, -0.15) is 0 Å². The van der Waals surface area contributed by atoms with Crippen LogP contribution in [0.1, 0.15) is 22.8 Å². The Hall–Kier alpha value is -2.49. The summed E-state index contributed by atoms with van der Waals surface area (Å²) in [6, 6.07) is 6.47. The number of amides is 1. The Kier molecular flexibility index (Phi) is 4.47. The van der Waals surface area contributed by atoms with E-state index in [0.717, 1.165) is 6.07 Å². The van der Waals surface area contributed by atoms with Gasteiger partial charge in [-0.25, -0.2) is 13.6 Å². The van der Waals surface area contributed by atoms with E-state index in [1.54, 1.807) is 11.1 Å². The standard InChI is InChI=1S/C16H16ClN3O5S/c1-8-6-10-12(4-5-13(21)15(10)22)20(8)19-16(23)9-2-3-11(17)14(7-9)26(18,24)25/h2-5,7-8,21-22H,6H2,1H3,(H,19,23)(H2,18,24,25). The van der Waals surface area contributed by atoms with Crippen molar-refractivity contribution in [1.29, 1.82) is 0 Å². The number of carbonyl (C=O) groups excluding carboxylic acids is 1. The maximum absolute atomic E-state index is 12.6. The van der Waals surface area contributed by atoms with Crippen molar-refractivity contribution in [3.63, 3.8) is 0 Å². The van der Waals surface area contributed by atoms with Crippen LogP contribution in [-0.2, 0) is 16.4 Å². The topological polar surface area (TPSA) is 133 Å². The van der Waals surface area contributed by atoms with Crippen LogP contribution in [0.2, 0.25) is 5.02 Å². The second-order valence-corrected chi connectivity index (χ2v) is 7.92. The molecule has 0 aliphatic carbocycles. The smallest absolute Gasteiger partial charge is 0.269 e. The van der Waals surface area contributed by atoms with E-state index in [-0.39, 0.29) is 33.0 Å². The van der Waals surface area contributed by atoms with Crippen molar-refractivity contribution in [1.82, 2.24) is 5.43 Å². The van der Waals surface area contributed by atoms with Crippen molar-refractivity contribution >= 4 is 33.2 Å². The minimum atomic E-state index is -4.07. The lowest BCUT2D eigenvalue weighted by Crippen LogP contribution is -2.45. The molecule has 0 saturated heterocycles. The van der Waals surface area contributed by atoms with Gasteiger partial charge in [0.1, 0.15) is 4.90 Å². The minimum absolute atomic E-state index is 0.0575. The molecule has 0 aromatic heterocycles. The molecule has 0 fully saturated rings. The molecular formula is C16H16ClN3O5S. The second kappa shape index (κ2) is 6.35. The number of benzene rings is 2. The molecule has 5 N–H and O–H groups in total. The van der Waals surface area contributed by atoms with Gasteiger partial charge in [0.05, 0.1) is 16.8 Å². The van der Waals surface area contributed by atoms with Crippen LogP contribution in [0.3, 0.4) is 0 Å². The number of phenolic OH excluding ortho intramolecular Hbond substituents is 2. The molecule has 2 aromatic carbocycles. The van der Waals surface area contributed by atoms with Crippen molar-refractivity contribution in [2.24, 2.45) is 5.14 Å². The molecule has 10 heteroatoms. The third-order valence-electron chi connectivity index (χ3n) is 4.16. The molecule has 8 nitrogen and oxygen atoms in total. The third kappa shape index (κ3) is 3.16. The van der Waals surface area contributed by atoms with Crippen LogP contribution >= 0.6 is 11.6 Å². The first kappa shape index (κ1) is 18.3. The first-order valence-electron chi connectivity index (χ1n) is 7.56. The summed E-state index contributed by atoms with van der Waals surface area (Å²) in [6.45, 7) is 1.83. The zero-order valence-electron chi connectivity index (χ0n) is 13.6. The molecule has 1 atom stereocenters. The van der Waals surface area contributed by atoms with E-state index in [1.165, 1.54) is 18.2 Å². The van der Waals surface area contributed by atoms with Crippen LogP contribution < -0.4 is 15.6 Å². The Morgan fingerprint density at radius 3 is 2.65 bits per heavy atom. The highest BCUT2D eigenvalue weighted by molar-refractivity contribution is 7.89. The first-order chi connectivity index (χ1) is 12.1. The predicted octanol–water partition coefficient (Wildman–Crippen LogP) is 1.49. The maximum atomic E-state index is 12.6. The minimum Gasteiger partial charge on any atom is -0.504 e. The molecule has 1 amide bonds. The molecule has 1 aliphatic rings. The number of rotatable bonds is 3. The van der Waals surface area contributed by atoms with Gasteiger partial charge in [-0.05, 0) is 37.3 Å². The summed E-state index contributed by atoms with van der Waals surface area (Å²) in [5.41, 5.74) is 3.78. The van der Waals surface area contributed by atoms with Gasteiger partial charge in [0.15, 0.2) is 11.5 Å². The summed E-state index contributed by atoms with van der Waals surface area (Å²) in [5.74, 6) is -1.03. The molecule has 3 rings (SSSR count). The number of hydrazine groups is 1. The summed E-state index contributed by atoms with van der Waals surface area (Å²) < 4.78 is 23.1. The van der Waals surface area contributed by atoms with Crippen LogP contribution in [-0.4, -0.2) is 30.6 Å². The summed E-state index contributed by atoms with van der Waals surface area (Å²) in [5, 5.41) is 26.2. The highest BCUT2D eigenvalue weighted by Gasteiger charge is 2.31. The van der Waals surface area contributed by atoms with Crippen LogP contribution in [0.4, 0.5) is 5.69 Å². The quantitative estimate of drug-likeness (QED) is 0.580. The average molecular weight is 398 g/mol. The van der Waals surface area contributed by atoms with Crippen LogP contribution in [0.25, 0.3) is 0 Å². The fourth-order valence-electron chi connectivity index (χ4n) is 2.87. The van der Waals surface area contributed by atoms with E-state index in [2.05, 4.69) is 5.43 Å². The number of anilines is 1. The molecule has 26 heavy (non-hydrogen) atoms. The van der Waals surface area contributed by atoms with Gasteiger partial charge in [-0.15, -0.1) is 0 Å². The van der Waals surface area contributed by atoms with Gasteiger partial charge in [0, 0.05) is 17.5 Å². The number of phenols is 2. The molecule has 0 saturated carbocycles. The second-order valence-electron chi connectivity index (χ2n) is 5.99. The molecule has 1 heterocycles. The molecular weight excluding hydrogens is 382 g/mol. The zero-order valence-corrected chi connectivity index (χ0v) is 15.2. The number of sulfonamides is 1. The molecule has 2 aromatic rings. The molecule has 0 spiro atoms. The predicted molar refractivity (Wildman–Crippen MR) is 95.7 cm³/mol. The van der Waals surface area contributed by atoms with Crippen molar-refractivity contribution < 1.29 is 23.4 Å². The Labute approximate surface area is 154 Å². The van der Waals surface area contributed by atoms with E-state index in [0.29, 0.717) is 17.7 Å². The number of hydrogen-bond acceptors (Lipinski definition) is 6. The summed E-state index contributed by atoms with van der Waals surface area (Å²) in [7, 11) is -4.07. The van der Waals surface area contributed by atoms with Crippen molar-refractivity contribution in [2.45, 2.75) is 24.3 Å². The number of fused-ring (bicyclic) bond motifs is 1. The maximum Gasteiger partial charge on any atom is 0.269 e. The van der Waals surface area contributed by atoms with Crippen molar-refractivity contribution in [3.05, 3.63) is 46.5 Å². The lowest BCUT2D eigenvalue weighted by molar-refractivity contribution is 0.0946. The van der Waals surface area contributed by atoms with E-state index < -0.39 is 15.9 Å². The normalized spacial score (nSPS) is 16.4. The van der Waals surface area contributed by atoms with Gasteiger partial charge in [-0.1, -0.05) is 11.6 Å². The monoisotopic (exact) mass is 397 g/mol. The van der Waals surface area contributed by atoms with E-state index in [4.69, 9.17) is 16.7 Å². The Morgan fingerprint density at radius 2 is 2.00 bits per heavy atom.